The predicted molar refractivity (Wildman–Crippen MR) is 64.0 cm³/mol. The smallest absolute Gasteiger partial charge is 0.180 e. The lowest BCUT2D eigenvalue weighted by atomic mass is 10.0. The van der Waals surface area contributed by atoms with E-state index in [1.54, 1.807) is 12.4 Å². The third kappa shape index (κ3) is 1.33. The molecule has 0 radical (unpaired) electrons. The van der Waals surface area contributed by atoms with E-state index in [1.165, 1.54) is 25.7 Å². The molecular formula is C12H13ClN4. The minimum atomic E-state index is 0.576. The average molecular weight is 249 g/mol. The highest BCUT2D eigenvalue weighted by Crippen LogP contribution is 2.60. The van der Waals surface area contributed by atoms with Gasteiger partial charge in [-0.15, -0.1) is 10.2 Å². The average Bonchev–Trinajstić information content (AvgIpc) is 2.92. The molecule has 0 spiro atoms. The molecule has 88 valence electrons. The molecule has 0 bridgehead atoms. The fraction of sp³-hybridized carbons (Fsp3) is 0.583. The molecule has 0 aliphatic heterocycles. The first-order chi connectivity index (χ1) is 8.36. The van der Waals surface area contributed by atoms with E-state index in [-0.39, 0.29) is 0 Å². The monoisotopic (exact) mass is 248 g/mol. The van der Waals surface area contributed by atoms with Gasteiger partial charge in [-0.05, 0) is 24.7 Å². The lowest BCUT2D eigenvalue weighted by Gasteiger charge is -2.04. The summed E-state index contributed by atoms with van der Waals surface area (Å²) in [6.07, 6.45) is 8.79. The normalized spacial score (nSPS) is 31.5. The van der Waals surface area contributed by atoms with Crippen molar-refractivity contribution in [3.05, 3.63) is 23.4 Å². The van der Waals surface area contributed by atoms with Crippen molar-refractivity contribution in [1.29, 1.82) is 0 Å². The zero-order chi connectivity index (χ0) is 11.4. The van der Waals surface area contributed by atoms with Gasteiger partial charge in [0.15, 0.2) is 5.65 Å². The van der Waals surface area contributed by atoms with E-state index in [4.69, 9.17) is 11.6 Å². The van der Waals surface area contributed by atoms with Crippen LogP contribution in [0.15, 0.2) is 12.4 Å². The summed E-state index contributed by atoms with van der Waals surface area (Å²) in [7, 11) is 0. The van der Waals surface area contributed by atoms with Crippen LogP contribution in [0.1, 0.15) is 37.4 Å². The van der Waals surface area contributed by atoms with Crippen molar-refractivity contribution in [2.75, 3.05) is 0 Å². The molecule has 0 saturated heterocycles. The van der Waals surface area contributed by atoms with E-state index < -0.39 is 0 Å². The van der Waals surface area contributed by atoms with Crippen molar-refractivity contribution in [2.45, 2.75) is 31.6 Å². The van der Waals surface area contributed by atoms with Crippen LogP contribution in [0.4, 0.5) is 0 Å². The van der Waals surface area contributed by atoms with Crippen molar-refractivity contribution in [3.63, 3.8) is 0 Å². The molecule has 17 heavy (non-hydrogen) atoms. The second-order valence-corrected chi connectivity index (χ2v) is 5.51. The highest BCUT2D eigenvalue weighted by molar-refractivity contribution is 6.29. The van der Waals surface area contributed by atoms with Gasteiger partial charge in [0, 0.05) is 5.92 Å². The summed E-state index contributed by atoms with van der Waals surface area (Å²) in [6, 6.07) is 0. The van der Waals surface area contributed by atoms with Crippen molar-refractivity contribution < 1.29 is 0 Å². The highest BCUT2D eigenvalue weighted by atomic mass is 35.5. The molecule has 2 aliphatic rings. The Bertz CT molecular complexity index is 567. The van der Waals surface area contributed by atoms with Gasteiger partial charge in [0.05, 0.1) is 12.4 Å². The SMILES string of the molecule is Clc1cncc2nnc(C3C4CCCCC43)n12. The Labute approximate surface area is 104 Å². The van der Waals surface area contributed by atoms with Gasteiger partial charge < -0.3 is 0 Å². The fourth-order valence-electron chi connectivity index (χ4n) is 3.43. The van der Waals surface area contributed by atoms with E-state index >= 15 is 0 Å². The van der Waals surface area contributed by atoms with Gasteiger partial charge in [0.1, 0.15) is 11.0 Å². The summed E-state index contributed by atoms with van der Waals surface area (Å²) in [4.78, 5) is 4.04. The molecule has 2 fully saturated rings. The van der Waals surface area contributed by atoms with Crippen molar-refractivity contribution in [2.24, 2.45) is 11.8 Å². The van der Waals surface area contributed by atoms with Crippen LogP contribution >= 0.6 is 11.6 Å². The maximum atomic E-state index is 6.19. The van der Waals surface area contributed by atoms with Gasteiger partial charge >= 0.3 is 0 Å². The summed E-state index contributed by atoms with van der Waals surface area (Å²) in [5, 5.41) is 9.11. The molecule has 2 saturated carbocycles. The van der Waals surface area contributed by atoms with Crippen molar-refractivity contribution in [3.8, 4) is 0 Å². The number of rotatable bonds is 1. The van der Waals surface area contributed by atoms with Crippen molar-refractivity contribution in [1.82, 2.24) is 19.6 Å². The Balaban J connectivity index is 1.82. The Hall–Kier alpha value is -1.16. The van der Waals surface area contributed by atoms with E-state index in [0.717, 1.165) is 23.3 Å². The molecule has 2 heterocycles. The molecule has 2 aromatic rings. The third-order valence-corrected chi connectivity index (χ3v) is 4.52. The van der Waals surface area contributed by atoms with Crippen LogP contribution in [0.25, 0.3) is 5.65 Å². The van der Waals surface area contributed by atoms with Gasteiger partial charge in [-0.3, -0.25) is 9.38 Å². The first-order valence-corrected chi connectivity index (χ1v) is 6.58. The first kappa shape index (κ1) is 9.83. The summed E-state index contributed by atoms with van der Waals surface area (Å²) in [6.45, 7) is 0. The number of nitrogens with zero attached hydrogens (tertiary/aromatic N) is 4. The second kappa shape index (κ2) is 3.42. The third-order valence-electron chi connectivity index (χ3n) is 4.25. The lowest BCUT2D eigenvalue weighted by molar-refractivity contribution is 0.480. The number of fused-ring (bicyclic) bond motifs is 2. The quantitative estimate of drug-likeness (QED) is 0.779. The minimum Gasteiger partial charge on any atom is -0.266 e. The maximum Gasteiger partial charge on any atom is 0.180 e. The first-order valence-electron chi connectivity index (χ1n) is 6.21. The summed E-state index contributed by atoms with van der Waals surface area (Å²) < 4.78 is 1.96. The lowest BCUT2D eigenvalue weighted by Crippen LogP contribution is -1.96. The summed E-state index contributed by atoms with van der Waals surface area (Å²) in [5.41, 5.74) is 0.760. The molecule has 0 aromatic carbocycles. The van der Waals surface area contributed by atoms with E-state index in [2.05, 4.69) is 15.2 Å². The Morgan fingerprint density at radius 1 is 1.12 bits per heavy atom. The Kier molecular flexibility index (Phi) is 1.98. The van der Waals surface area contributed by atoms with Crippen LogP contribution < -0.4 is 0 Å². The minimum absolute atomic E-state index is 0.576. The number of hydrogen-bond acceptors (Lipinski definition) is 3. The molecule has 0 N–H and O–H groups in total. The number of aromatic nitrogens is 4. The second-order valence-electron chi connectivity index (χ2n) is 5.12. The molecule has 2 aliphatic carbocycles. The molecule has 4 nitrogen and oxygen atoms in total. The molecule has 2 aromatic heterocycles. The zero-order valence-electron chi connectivity index (χ0n) is 9.38. The molecule has 5 heteroatoms. The van der Waals surface area contributed by atoms with Gasteiger partial charge in [-0.2, -0.15) is 0 Å². The summed E-state index contributed by atoms with van der Waals surface area (Å²) >= 11 is 6.19. The zero-order valence-corrected chi connectivity index (χ0v) is 10.1. The van der Waals surface area contributed by atoms with Crippen LogP contribution in [0, 0.1) is 11.8 Å². The number of hydrogen-bond donors (Lipinski definition) is 0. The van der Waals surface area contributed by atoms with Gasteiger partial charge in [0.2, 0.25) is 0 Å². The van der Waals surface area contributed by atoms with Gasteiger partial charge in [0.25, 0.3) is 0 Å². The molecule has 2 unspecified atom stereocenters. The number of halogens is 1. The van der Waals surface area contributed by atoms with E-state index in [0.29, 0.717) is 11.1 Å². The Morgan fingerprint density at radius 3 is 2.65 bits per heavy atom. The van der Waals surface area contributed by atoms with E-state index in [1.807, 2.05) is 4.40 Å². The molecule has 0 amide bonds. The largest absolute Gasteiger partial charge is 0.266 e. The predicted octanol–water partition coefficient (Wildman–Crippen LogP) is 2.68. The topological polar surface area (TPSA) is 43.1 Å². The van der Waals surface area contributed by atoms with Crippen LogP contribution in [0.2, 0.25) is 5.15 Å². The fourth-order valence-corrected chi connectivity index (χ4v) is 3.66. The molecular weight excluding hydrogens is 236 g/mol. The standard InChI is InChI=1S/C12H13ClN4/c13-9-5-14-6-10-15-16-12(17(9)10)11-7-3-1-2-4-8(7)11/h5-8,11H,1-4H2. The van der Waals surface area contributed by atoms with Crippen LogP contribution in [0.3, 0.4) is 0 Å². The molecule has 4 rings (SSSR count). The van der Waals surface area contributed by atoms with Gasteiger partial charge in [-0.1, -0.05) is 24.4 Å². The van der Waals surface area contributed by atoms with Crippen LogP contribution in [0.5, 0.6) is 0 Å². The van der Waals surface area contributed by atoms with Gasteiger partial charge in [-0.25, -0.2) is 0 Å². The summed E-state index contributed by atoms with van der Waals surface area (Å²) in [5.74, 6) is 3.26. The van der Waals surface area contributed by atoms with Crippen LogP contribution in [-0.4, -0.2) is 19.6 Å². The molecule has 2 atom stereocenters. The Morgan fingerprint density at radius 2 is 1.88 bits per heavy atom. The van der Waals surface area contributed by atoms with E-state index in [9.17, 15) is 0 Å². The highest BCUT2D eigenvalue weighted by Gasteiger charge is 2.53. The van der Waals surface area contributed by atoms with Crippen molar-refractivity contribution >= 4 is 17.2 Å². The maximum absolute atomic E-state index is 6.19. The van der Waals surface area contributed by atoms with Crippen LogP contribution in [-0.2, 0) is 0 Å².